The molecule has 3 aromatic rings. The third-order valence-corrected chi connectivity index (χ3v) is 3.88. The summed E-state index contributed by atoms with van der Waals surface area (Å²) >= 11 is 0. The van der Waals surface area contributed by atoms with Crippen molar-refractivity contribution in [3.63, 3.8) is 0 Å². The van der Waals surface area contributed by atoms with Gasteiger partial charge >= 0.3 is 0 Å². The smallest absolute Gasteiger partial charge is 0.266 e. The molecule has 24 heavy (non-hydrogen) atoms. The number of methoxy groups -OCH3 is 1. The van der Waals surface area contributed by atoms with Gasteiger partial charge in [-0.25, -0.2) is 0 Å². The Kier molecular flexibility index (Phi) is 4.17. The van der Waals surface area contributed by atoms with Crippen LogP contribution in [0.5, 0.6) is 5.75 Å². The Hall–Kier alpha value is -3.32. The highest BCUT2D eigenvalue weighted by Gasteiger charge is 2.13. The van der Waals surface area contributed by atoms with Crippen LogP contribution in [0.25, 0.3) is 22.3 Å². The maximum atomic E-state index is 12.0. The summed E-state index contributed by atoms with van der Waals surface area (Å²) in [6, 6.07) is 19.3. The monoisotopic (exact) mass is 316 g/mol. The van der Waals surface area contributed by atoms with E-state index in [9.17, 15) is 10.1 Å². The average molecular weight is 316 g/mol. The lowest BCUT2D eigenvalue weighted by molar-refractivity contribution is 0.416. The molecule has 0 saturated carbocycles. The first-order valence-corrected chi connectivity index (χ1v) is 7.52. The Morgan fingerprint density at radius 1 is 1.00 bits per heavy atom. The first-order valence-electron chi connectivity index (χ1n) is 7.52. The minimum Gasteiger partial charge on any atom is -0.496 e. The number of rotatable bonds is 3. The molecule has 0 spiro atoms. The predicted molar refractivity (Wildman–Crippen MR) is 93.9 cm³/mol. The van der Waals surface area contributed by atoms with Gasteiger partial charge in [0.2, 0.25) is 0 Å². The molecule has 0 amide bonds. The van der Waals surface area contributed by atoms with E-state index in [1.165, 1.54) is 0 Å². The number of nitriles is 1. The second-order valence-electron chi connectivity index (χ2n) is 5.46. The summed E-state index contributed by atoms with van der Waals surface area (Å²) in [6.07, 6.45) is 0. The molecule has 0 unspecified atom stereocenters. The van der Waals surface area contributed by atoms with E-state index in [2.05, 4.69) is 4.98 Å². The molecular formula is C20H16N2O2. The van der Waals surface area contributed by atoms with Gasteiger partial charge < -0.3 is 9.72 Å². The molecule has 0 fully saturated rings. The van der Waals surface area contributed by atoms with Crippen LogP contribution in [0.4, 0.5) is 0 Å². The van der Waals surface area contributed by atoms with E-state index in [1.54, 1.807) is 14.0 Å². The molecule has 118 valence electrons. The average Bonchev–Trinajstić information content (AvgIpc) is 2.61. The molecule has 0 radical (unpaired) electrons. The van der Waals surface area contributed by atoms with Gasteiger partial charge in [0.25, 0.3) is 5.56 Å². The van der Waals surface area contributed by atoms with Crippen LogP contribution in [0, 0.1) is 18.3 Å². The number of nitrogens with one attached hydrogen (secondary N) is 1. The zero-order chi connectivity index (χ0) is 17.1. The van der Waals surface area contributed by atoms with Crippen molar-refractivity contribution >= 4 is 0 Å². The van der Waals surface area contributed by atoms with Gasteiger partial charge in [-0.2, -0.15) is 5.26 Å². The number of pyridine rings is 1. The van der Waals surface area contributed by atoms with Crippen molar-refractivity contribution < 1.29 is 4.74 Å². The Bertz CT molecular complexity index is 983. The fourth-order valence-corrected chi connectivity index (χ4v) is 2.75. The number of ether oxygens (including phenoxy) is 1. The molecule has 0 bridgehead atoms. The fourth-order valence-electron chi connectivity index (χ4n) is 2.75. The number of hydrogen-bond donors (Lipinski definition) is 1. The van der Waals surface area contributed by atoms with E-state index in [0.717, 1.165) is 22.4 Å². The molecule has 0 atom stereocenters. The first kappa shape index (κ1) is 15.6. The van der Waals surface area contributed by atoms with Gasteiger partial charge in [0, 0.05) is 16.8 Å². The van der Waals surface area contributed by atoms with Crippen LogP contribution in [0.1, 0.15) is 11.3 Å². The van der Waals surface area contributed by atoms with Gasteiger partial charge in [0.15, 0.2) is 0 Å². The topological polar surface area (TPSA) is 65.9 Å². The molecule has 4 nitrogen and oxygen atoms in total. The van der Waals surface area contributed by atoms with E-state index < -0.39 is 0 Å². The Labute approximate surface area is 140 Å². The zero-order valence-corrected chi connectivity index (χ0v) is 13.5. The Balaban J connectivity index is 2.26. The van der Waals surface area contributed by atoms with Gasteiger partial charge in [-0.05, 0) is 36.2 Å². The molecule has 3 rings (SSSR count). The van der Waals surface area contributed by atoms with Gasteiger partial charge in [0.1, 0.15) is 17.4 Å². The fraction of sp³-hybridized carbons (Fsp3) is 0.100. The van der Waals surface area contributed by atoms with Crippen LogP contribution in [0.2, 0.25) is 0 Å². The molecule has 0 aliphatic rings. The van der Waals surface area contributed by atoms with Crippen LogP contribution >= 0.6 is 0 Å². The molecule has 2 aromatic carbocycles. The summed E-state index contributed by atoms with van der Waals surface area (Å²) in [5.41, 5.74) is 3.81. The largest absolute Gasteiger partial charge is 0.496 e. The van der Waals surface area contributed by atoms with Gasteiger partial charge in [-0.3, -0.25) is 4.79 Å². The maximum Gasteiger partial charge on any atom is 0.266 e. The van der Waals surface area contributed by atoms with E-state index in [1.807, 2.05) is 60.7 Å². The number of aromatic amines is 1. The van der Waals surface area contributed by atoms with Crippen molar-refractivity contribution in [2.24, 2.45) is 0 Å². The van der Waals surface area contributed by atoms with Crippen LogP contribution < -0.4 is 10.3 Å². The third-order valence-electron chi connectivity index (χ3n) is 3.88. The van der Waals surface area contributed by atoms with Crippen molar-refractivity contribution in [3.05, 3.63) is 76.2 Å². The van der Waals surface area contributed by atoms with Crippen molar-refractivity contribution in [1.29, 1.82) is 5.26 Å². The number of nitrogens with zero attached hydrogens (tertiary/aromatic N) is 1. The molecule has 0 aliphatic heterocycles. The van der Waals surface area contributed by atoms with E-state index in [4.69, 9.17) is 4.74 Å². The summed E-state index contributed by atoms with van der Waals surface area (Å²) in [5.74, 6) is 0.741. The highest BCUT2D eigenvalue weighted by atomic mass is 16.5. The standard InChI is InChI=1S/C20H16N2O2/c1-13-10-16(18(12-21)20(23)22-13)15-8-9-19(24-2)17(11-15)14-6-4-3-5-7-14/h3-11H,1-2H3,(H,22,23). The molecule has 0 saturated heterocycles. The zero-order valence-electron chi connectivity index (χ0n) is 13.5. The summed E-state index contributed by atoms with van der Waals surface area (Å²) < 4.78 is 5.46. The van der Waals surface area contributed by atoms with E-state index >= 15 is 0 Å². The van der Waals surface area contributed by atoms with Crippen LogP contribution in [-0.2, 0) is 0 Å². The minimum absolute atomic E-state index is 0.116. The normalized spacial score (nSPS) is 10.2. The molecule has 0 aliphatic carbocycles. The van der Waals surface area contributed by atoms with Crippen LogP contribution in [-0.4, -0.2) is 12.1 Å². The lowest BCUT2D eigenvalue weighted by atomic mass is 9.96. The molecule has 1 N–H and O–H groups in total. The lowest BCUT2D eigenvalue weighted by Gasteiger charge is -2.12. The van der Waals surface area contributed by atoms with Crippen molar-refractivity contribution in [2.45, 2.75) is 6.92 Å². The number of H-pyrrole nitrogens is 1. The third kappa shape index (κ3) is 2.80. The summed E-state index contributed by atoms with van der Waals surface area (Å²) in [4.78, 5) is 14.7. The second kappa shape index (κ2) is 6.43. The minimum atomic E-state index is -0.371. The lowest BCUT2D eigenvalue weighted by Crippen LogP contribution is -2.12. The predicted octanol–water partition coefficient (Wildman–Crippen LogP) is 3.90. The summed E-state index contributed by atoms with van der Waals surface area (Å²) in [7, 11) is 1.62. The van der Waals surface area contributed by atoms with Gasteiger partial charge in [0.05, 0.1) is 7.11 Å². The van der Waals surface area contributed by atoms with Crippen LogP contribution in [0.3, 0.4) is 0 Å². The van der Waals surface area contributed by atoms with E-state index in [0.29, 0.717) is 11.3 Å². The number of aryl methyl sites for hydroxylation is 1. The summed E-state index contributed by atoms with van der Waals surface area (Å²) in [6.45, 7) is 1.80. The second-order valence-corrected chi connectivity index (χ2v) is 5.46. The van der Waals surface area contributed by atoms with Crippen molar-refractivity contribution in [3.8, 4) is 34.1 Å². The van der Waals surface area contributed by atoms with Crippen molar-refractivity contribution in [2.75, 3.05) is 7.11 Å². The maximum absolute atomic E-state index is 12.0. The number of hydrogen-bond acceptors (Lipinski definition) is 3. The molecule has 1 heterocycles. The Morgan fingerprint density at radius 3 is 2.42 bits per heavy atom. The Morgan fingerprint density at radius 2 is 1.75 bits per heavy atom. The van der Waals surface area contributed by atoms with E-state index in [-0.39, 0.29) is 11.1 Å². The SMILES string of the molecule is COc1ccc(-c2cc(C)[nH]c(=O)c2C#N)cc1-c1ccccc1. The number of aromatic nitrogens is 1. The molecular weight excluding hydrogens is 300 g/mol. The summed E-state index contributed by atoms with van der Waals surface area (Å²) in [5, 5.41) is 9.34. The molecule has 1 aromatic heterocycles. The number of benzene rings is 2. The highest BCUT2D eigenvalue weighted by molar-refractivity contribution is 5.79. The quantitative estimate of drug-likeness (QED) is 0.797. The van der Waals surface area contributed by atoms with Crippen LogP contribution in [0.15, 0.2) is 59.4 Å². The van der Waals surface area contributed by atoms with Crippen molar-refractivity contribution in [1.82, 2.24) is 4.98 Å². The highest BCUT2D eigenvalue weighted by Crippen LogP contribution is 2.34. The van der Waals surface area contributed by atoms with Gasteiger partial charge in [-0.1, -0.05) is 36.4 Å². The first-order chi connectivity index (χ1) is 11.6. The van der Waals surface area contributed by atoms with Gasteiger partial charge in [-0.15, -0.1) is 0 Å². The molecule has 4 heteroatoms.